The smallest absolute Gasteiger partial charge is 0.429 e. The molecule has 3 aromatic rings. The molecule has 14 heteroatoms. The Hall–Kier alpha value is -4.69. The first-order valence-electron chi connectivity index (χ1n) is 12.7. The molecule has 40 heavy (non-hydrogen) atoms. The van der Waals surface area contributed by atoms with Gasteiger partial charge in [0.25, 0.3) is 0 Å². The van der Waals surface area contributed by atoms with Gasteiger partial charge in [-0.2, -0.15) is 0 Å². The van der Waals surface area contributed by atoms with Gasteiger partial charge in [-0.25, -0.2) is 28.8 Å². The third-order valence-corrected chi connectivity index (χ3v) is 6.74. The predicted octanol–water partition coefficient (Wildman–Crippen LogP) is 2.46. The molecule has 4 heterocycles. The quantitative estimate of drug-likeness (QED) is 0.436. The molecule has 2 amide bonds. The number of ether oxygens (including phenoxy) is 2. The Morgan fingerprint density at radius 1 is 1.12 bits per heavy atom. The fourth-order valence-corrected chi connectivity index (χ4v) is 4.87. The summed E-state index contributed by atoms with van der Waals surface area (Å²) in [6, 6.07) is 11.2. The van der Waals surface area contributed by atoms with E-state index in [0.29, 0.717) is 17.8 Å². The van der Waals surface area contributed by atoms with E-state index < -0.39 is 29.9 Å². The van der Waals surface area contributed by atoms with Gasteiger partial charge in [0, 0.05) is 55.7 Å². The molecule has 3 aliphatic heterocycles. The van der Waals surface area contributed by atoms with Gasteiger partial charge in [0.05, 0.1) is 25.3 Å². The Kier molecular flexibility index (Phi) is 6.92. The van der Waals surface area contributed by atoms with Crippen LogP contribution in [-0.4, -0.2) is 72.6 Å². The Bertz CT molecular complexity index is 1450. The maximum atomic E-state index is 15.3. The topological polar surface area (TPSA) is 115 Å². The van der Waals surface area contributed by atoms with Crippen molar-refractivity contribution in [3.8, 4) is 5.75 Å². The van der Waals surface area contributed by atoms with Gasteiger partial charge in [0.2, 0.25) is 0 Å². The number of benzene rings is 2. The Balaban J connectivity index is 1.11. The molecule has 0 bridgehead atoms. The molecule has 1 atom stereocenters. The molecule has 208 valence electrons. The lowest BCUT2D eigenvalue weighted by atomic mass is 10.2. The molecule has 2 aromatic carbocycles. The third kappa shape index (κ3) is 5.13. The van der Waals surface area contributed by atoms with Crippen LogP contribution in [0.5, 0.6) is 5.75 Å². The van der Waals surface area contributed by atoms with Crippen LogP contribution in [0.25, 0.3) is 10.9 Å². The lowest BCUT2D eigenvalue weighted by Crippen LogP contribution is -2.45. The van der Waals surface area contributed by atoms with Gasteiger partial charge in [-0.15, -0.1) is 5.53 Å². The van der Waals surface area contributed by atoms with Crippen molar-refractivity contribution in [3.05, 3.63) is 72.7 Å². The summed E-state index contributed by atoms with van der Waals surface area (Å²) in [6.07, 6.45) is 3.20. The maximum absolute atomic E-state index is 15.3. The normalized spacial score (nSPS) is 19.1. The van der Waals surface area contributed by atoms with E-state index in [9.17, 15) is 9.59 Å². The van der Waals surface area contributed by atoms with Gasteiger partial charge in [-0.3, -0.25) is 14.9 Å². The average Bonchev–Trinajstić information content (AvgIpc) is 3.51. The van der Waals surface area contributed by atoms with Gasteiger partial charge < -0.3 is 19.8 Å². The molecule has 12 nitrogen and oxygen atoms in total. The molecule has 0 saturated carbocycles. The molecule has 2 saturated heterocycles. The number of fused-ring (bicyclic) bond motifs is 1. The van der Waals surface area contributed by atoms with Gasteiger partial charge >= 0.3 is 12.2 Å². The monoisotopic (exact) mass is 552 g/mol. The Labute approximate surface area is 227 Å². The molecule has 3 N–H and O–H groups in total. The zero-order valence-corrected chi connectivity index (χ0v) is 21.2. The SMILES string of the molecule is O=C(Oc1cccc2cccnc12)N1CCN(c2c(F)cc(N3C[C@H](CN4C=CNN4)OC3=O)cc2F)CCN1. The number of hydrogen-bond donors (Lipinski definition) is 3. The van der Waals surface area contributed by atoms with E-state index in [2.05, 4.69) is 21.4 Å². The number of para-hydroxylation sites is 1. The molecule has 0 spiro atoms. The molecular formula is C26H26F2N8O4. The second-order valence-electron chi connectivity index (χ2n) is 9.34. The minimum Gasteiger partial charge on any atom is -0.442 e. The van der Waals surface area contributed by atoms with Crippen molar-refractivity contribution in [2.75, 3.05) is 49.1 Å². The highest BCUT2D eigenvalue weighted by atomic mass is 19.1. The number of hydrazine groups is 3. The van der Waals surface area contributed by atoms with Crippen molar-refractivity contribution in [1.82, 2.24) is 31.4 Å². The Morgan fingerprint density at radius 2 is 1.95 bits per heavy atom. The molecule has 1 aromatic heterocycles. The number of nitrogens with zero attached hydrogens (tertiary/aromatic N) is 5. The van der Waals surface area contributed by atoms with E-state index in [1.54, 1.807) is 41.8 Å². The molecule has 2 fully saturated rings. The highest BCUT2D eigenvalue weighted by Crippen LogP contribution is 2.31. The number of amides is 2. The third-order valence-electron chi connectivity index (χ3n) is 6.74. The number of cyclic esters (lactones) is 1. The summed E-state index contributed by atoms with van der Waals surface area (Å²) in [6.45, 7) is 1.20. The van der Waals surface area contributed by atoms with Crippen LogP contribution in [0.2, 0.25) is 0 Å². The van der Waals surface area contributed by atoms with Crippen molar-refractivity contribution in [1.29, 1.82) is 0 Å². The standard InChI is InChI=1S/C26H26F2N8O4/c27-20-13-18(35-16-19(39-25(35)37)15-34-10-7-30-32-34)14-21(28)24(20)33-9-8-31-36(12-11-33)26(38)40-22-5-1-3-17-4-2-6-29-23(17)22/h1-7,10,13-14,19,30-32H,8-9,11-12,15-16H2/t19-/m0/s1. The fourth-order valence-electron chi connectivity index (χ4n) is 4.87. The van der Waals surface area contributed by atoms with Crippen LogP contribution >= 0.6 is 0 Å². The van der Waals surface area contributed by atoms with Crippen LogP contribution in [-0.2, 0) is 4.74 Å². The maximum Gasteiger partial charge on any atom is 0.429 e. The van der Waals surface area contributed by atoms with E-state index in [1.807, 2.05) is 12.1 Å². The lowest BCUT2D eigenvalue weighted by Gasteiger charge is -2.25. The van der Waals surface area contributed by atoms with Crippen LogP contribution in [0, 0.1) is 11.6 Å². The minimum absolute atomic E-state index is 0.0659. The van der Waals surface area contributed by atoms with Crippen LogP contribution in [0.4, 0.5) is 29.7 Å². The van der Waals surface area contributed by atoms with Crippen LogP contribution in [0.1, 0.15) is 0 Å². The van der Waals surface area contributed by atoms with Crippen molar-refractivity contribution in [3.63, 3.8) is 0 Å². The first-order chi connectivity index (χ1) is 19.5. The average molecular weight is 553 g/mol. The van der Waals surface area contributed by atoms with Crippen LogP contribution < -0.4 is 30.9 Å². The van der Waals surface area contributed by atoms with Gasteiger partial charge in [-0.1, -0.05) is 18.2 Å². The van der Waals surface area contributed by atoms with E-state index >= 15 is 8.78 Å². The summed E-state index contributed by atoms with van der Waals surface area (Å²) in [5.41, 5.74) is 8.96. The van der Waals surface area contributed by atoms with Crippen molar-refractivity contribution in [2.45, 2.75) is 6.10 Å². The molecule has 0 radical (unpaired) electrons. The van der Waals surface area contributed by atoms with E-state index in [-0.39, 0.29) is 44.1 Å². The zero-order valence-electron chi connectivity index (χ0n) is 21.2. The van der Waals surface area contributed by atoms with E-state index in [1.165, 1.54) is 14.8 Å². The molecular weight excluding hydrogens is 526 g/mol. The highest BCUT2D eigenvalue weighted by molar-refractivity contribution is 5.90. The summed E-state index contributed by atoms with van der Waals surface area (Å²) in [7, 11) is 0. The molecule has 0 aliphatic carbocycles. The number of pyridine rings is 1. The van der Waals surface area contributed by atoms with Gasteiger partial charge in [-0.05, 0) is 12.1 Å². The molecule has 6 rings (SSSR count). The summed E-state index contributed by atoms with van der Waals surface area (Å²) in [5.74, 6) is -1.33. The number of anilines is 2. The van der Waals surface area contributed by atoms with Gasteiger partial charge in [0.1, 0.15) is 17.3 Å². The first-order valence-corrected chi connectivity index (χ1v) is 12.7. The zero-order chi connectivity index (χ0) is 27.6. The van der Waals surface area contributed by atoms with Crippen molar-refractivity contribution >= 4 is 34.5 Å². The summed E-state index contributed by atoms with van der Waals surface area (Å²) in [5, 5.41) is 3.79. The number of carbonyl (C=O) groups excluding carboxylic acids is 2. The van der Waals surface area contributed by atoms with Crippen LogP contribution in [0.3, 0.4) is 0 Å². The first kappa shape index (κ1) is 25.6. The second kappa shape index (κ2) is 10.8. The minimum atomic E-state index is -0.822. The predicted molar refractivity (Wildman–Crippen MR) is 141 cm³/mol. The lowest BCUT2D eigenvalue weighted by molar-refractivity contribution is 0.109. The summed E-state index contributed by atoms with van der Waals surface area (Å²) >= 11 is 0. The number of nitrogens with one attached hydrogen (secondary N) is 3. The number of aromatic nitrogens is 1. The largest absolute Gasteiger partial charge is 0.442 e. The number of hydrogen-bond acceptors (Lipinski definition) is 10. The summed E-state index contributed by atoms with van der Waals surface area (Å²) in [4.78, 5) is 32.3. The van der Waals surface area contributed by atoms with Crippen LogP contribution in [0.15, 0.2) is 61.1 Å². The van der Waals surface area contributed by atoms with E-state index in [4.69, 9.17) is 9.47 Å². The second-order valence-corrected chi connectivity index (χ2v) is 9.34. The highest BCUT2D eigenvalue weighted by Gasteiger charge is 2.35. The molecule has 3 aliphatic rings. The number of halogens is 2. The Morgan fingerprint density at radius 3 is 2.75 bits per heavy atom. The molecule has 0 unspecified atom stereocenters. The van der Waals surface area contributed by atoms with Gasteiger partial charge in [0.15, 0.2) is 17.4 Å². The van der Waals surface area contributed by atoms with E-state index in [0.717, 1.165) is 17.5 Å². The van der Waals surface area contributed by atoms with Crippen molar-refractivity contribution in [2.24, 2.45) is 0 Å². The number of carbonyl (C=O) groups is 2. The fraction of sp³-hybridized carbons (Fsp3) is 0.269. The van der Waals surface area contributed by atoms with Crippen molar-refractivity contribution < 1.29 is 27.8 Å². The number of rotatable bonds is 5. The summed E-state index contributed by atoms with van der Waals surface area (Å²) < 4.78 is 41.5.